The molecule has 0 spiro atoms. The van der Waals surface area contributed by atoms with Gasteiger partial charge < -0.3 is 10.2 Å². The van der Waals surface area contributed by atoms with Crippen LogP contribution in [0.15, 0.2) is 24.3 Å². The van der Waals surface area contributed by atoms with Crippen molar-refractivity contribution in [2.45, 2.75) is 18.0 Å². The first-order valence-corrected chi connectivity index (χ1v) is 9.58. The summed E-state index contributed by atoms with van der Waals surface area (Å²) in [6.07, 6.45) is 0. The lowest BCUT2D eigenvalue weighted by Gasteiger charge is -2.17. The van der Waals surface area contributed by atoms with Gasteiger partial charge in [-0.25, -0.2) is 8.42 Å². The van der Waals surface area contributed by atoms with E-state index in [0.29, 0.717) is 11.6 Å². The first kappa shape index (κ1) is 17.5. The molecule has 2 N–H and O–H groups in total. The van der Waals surface area contributed by atoms with Crippen molar-refractivity contribution in [1.82, 2.24) is 5.32 Å². The second-order valence-electron chi connectivity index (χ2n) is 5.70. The van der Waals surface area contributed by atoms with Gasteiger partial charge in [0.15, 0.2) is 16.4 Å². The maximum Gasteiger partial charge on any atom is 0.275 e. The van der Waals surface area contributed by atoms with Crippen LogP contribution < -0.4 is 10.2 Å². The number of hydrogen-bond acceptors (Lipinski definition) is 3. The van der Waals surface area contributed by atoms with Crippen molar-refractivity contribution >= 4 is 38.9 Å². The fourth-order valence-corrected chi connectivity index (χ4v) is 5.16. The van der Waals surface area contributed by atoms with Crippen LogP contribution in [0, 0.1) is 0 Å². The highest BCUT2D eigenvalue weighted by Gasteiger charge is 2.37. The minimum absolute atomic E-state index is 0.0764. The molecule has 1 unspecified atom stereocenters. The highest BCUT2D eigenvalue weighted by molar-refractivity contribution is 7.91. The van der Waals surface area contributed by atoms with Crippen molar-refractivity contribution in [3.05, 3.63) is 34.9 Å². The SMILES string of the molecule is C[NH+](CC(=O)N[C@H]1CS(=O)(=O)C[C@@H]1Cl)Cc1ccc(Cl)cc1. The number of carbonyl (C=O) groups excluding carboxylic acids is 1. The Balaban J connectivity index is 1.83. The highest BCUT2D eigenvalue weighted by Crippen LogP contribution is 2.17. The van der Waals surface area contributed by atoms with E-state index < -0.39 is 21.3 Å². The Bertz CT molecular complexity index is 634. The van der Waals surface area contributed by atoms with Crippen LogP contribution in [0.3, 0.4) is 0 Å². The molecule has 1 aliphatic heterocycles. The number of likely N-dealkylation sites (N-methyl/N-ethyl adjacent to an activating group) is 1. The van der Waals surface area contributed by atoms with Crippen LogP contribution in [0.25, 0.3) is 0 Å². The zero-order valence-electron chi connectivity index (χ0n) is 12.2. The van der Waals surface area contributed by atoms with Crippen LogP contribution >= 0.6 is 23.2 Å². The second kappa shape index (κ2) is 7.17. The molecule has 5 nitrogen and oxygen atoms in total. The predicted octanol–water partition coefficient (Wildman–Crippen LogP) is -0.125. The molecular formula is C14H19Cl2N2O3S+. The molecule has 22 heavy (non-hydrogen) atoms. The summed E-state index contributed by atoms with van der Waals surface area (Å²) in [7, 11) is -1.24. The molecule has 8 heteroatoms. The van der Waals surface area contributed by atoms with E-state index in [1.54, 1.807) is 0 Å². The van der Waals surface area contributed by atoms with Gasteiger partial charge in [0.05, 0.1) is 30.0 Å². The van der Waals surface area contributed by atoms with Gasteiger partial charge in [0.25, 0.3) is 5.91 Å². The molecule has 1 aliphatic rings. The Morgan fingerprint density at radius 2 is 1.95 bits per heavy atom. The lowest BCUT2D eigenvalue weighted by Crippen LogP contribution is -3.09. The Hall–Kier alpha value is -0.820. The van der Waals surface area contributed by atoms with Crippen molar-refractivity contribution in [3.8, 4) is 0 Å². The van der Waals surface area contributed by atoms with Crippen molar-refractivity contribution < 1.29 is 18.1 Å². The summed E-state index contributed by atoms with van der Waals surface area (Å²) in [5, 5.41) is 2.84. The lowest BCUT2D eigenvalue weighted by molar-refractivity contribution is -0.885. The predicted molar refractivity (Wildman–Crippen MR) is 87.1 cm³/mol. The van der Waals surface area contributed by atoms with Crippen molar-refractivity contribution in [2.75, 3.05) is 25.1 Å². The topological polar surface area (TPSA) is 67.7 Å². The van der Waals surface area contributed by atoms with Crippen LogP contribution in [-0.2, 0) is 21.2 Å². The largest absolute Gasteiger partial charge is 0.346 e. The molecule has 1 aromatic rings. The number of quaternary nitrogens is 1. The minimum atomic E-state index is -3.14. The molecule has 0 bridgehead atoms. The van der Waals surface area contributed by atoms with Gasteiger partial charge in [0, 0.05) is 10.6 Å². The average molecular weight is 366 g/mol. The van der Waals surface area contributed by atoms with Gasteiger partial charge >= 0.3 is 0 Å². The summed E-state index contributed by atoms with van der Waals surface area (Å²) < 4.78 is 22.9. The van der Waals surface area contributed by atoms with E-state index >= 15 is 0 Å². The number of nitrogens with one attached hydrogen (secondary N) is 2. The molecule has 1 aromatic carbocycles. The van der Waals surface area contributed by atoms with Crippen molar-refractivity contribution in [1.29, 1.82) is 0 Å². The molecule has 122 valence electrons. The number of rotatable bonds is 5. The van der Waals surface area contributed by atoms with E-state index in [2.05, 4.69) is 5.32 Å². The van der Waals surface area contributed by atoms with Gasteiger partial charge in [-0.05, 0) is 12.1 Å². The minimum Gasteiger partial charge on any atom is -0.346 e. The van der Waals surface area contributed by atoms with Gasteiger partial charge in [-0.1, -0.05) is 23.7 Å². The van der Waals surface area contributed by atoms with E-state index in [4.69, 9.17) is 23.2 Å². The molecule has 0 aliphatic carbocycles. The summed E-state index contributed by atoms with van der Waals surface area (Å²) in [5.41, 5.74) is 1.08. The maximum atomic E-state index is 12.0. The lowest BCUT2D eigenvalue weighted by atomic mass is 10.2. The molecule has 1 heterocycles. The third kappa shape index (κ3) is 5.12. The molecule has 0 aromatic heterocycles. The zero-order valence-corrected chi connectivity index (χ0v) is 14.5. The van der Waals surface area contributed by atoms with Crippen LogP contribution in [-0.4, -0.2) is 50.8 Å². The first-order valence-electron chi connectivity index (χ1n) is 6.95. The third-order valence-electron chi connectivity index (χ3n) is 3.51. The van der Waals surface area contributed by atoms with Gasteiger partial charge in [-0.2, -0.15) is 0 Å². The Morgan fingerprint density at radius 1 is 1.32 bits per heavy atom. The first-order chi connectivity index (χ1) is 10.2. The van der Waals surface area contributed by atoms with Crippen molar-refractivity contribution in [3.63, 3.8) is 0 Å². The Labute approximate surface area is 140 Å². The smallest absolute Gasteiger partial charge is 0.275 e. The molecule has 1 saturated heterocycles. The number of amides is 1. The summed E-state index contributed by atoms with van der Waals surface area (Å²) in [5.74, 6) is -0.352. The molecule has 0 radical (unpaired) electrons. The molecule has 0 saturated carbocycles. The molecule has 2 rings (SSSR count). The summed E-state index contributed by atoms with van der Waals surface area (Å²) >= 11 is 11.8. The highest BCUT2D eigenvalue weighted by atomic mass is 35.5. The monoisotopic (exact) mass is 365 g/mol. The standard InChI is InChI=1S/C14H18Cl2N2O3S/c1-18(6-10-2-4-11(15)5-3-10)7-14(19)17-13-9-22(20,21)8-12(13)16/h2-5,12-13H,6-9H2,1H3,(H,17,19)/p+1/t12-,13-/m0/s1. The third-order valence-corrected chi connectivity index (χ3v) is 6.14. The molecule has 3 atom stereocenters. The van der Waals surface area contributed by atoms with E-state index in [1.165, 1.54) is 0 Å². The Kier molecular flexibility index (Phi) is 5.71. The average Bonchev–Trinajstić information content (AvgIpc) is 2.64. The molecule has 1 amide bonds. The van der Waals surface area contributed by atoms with E-state index in [1.807, 2.05) is 31.3 Å². The van der Waals surface area contributed by atoms with Crippen LogP contribution in [0.1, 0.15) is 5.56 Å². The van der Waals surface area contributed by atoms with Crippen molar-refractivity contribution in [2.24, 2.45) is 0 Å². The fourth-order valence-electron chi connectivity index (χ4n) is 2.48. The van der Waals surface area contributed by atoms with Gasteiger partial charge in [-0.15, -0.1) is 11.6 Å². The van der Waals surface area contributed by atoms with Gasteiger partial charge in [-0.3, -0.25) is 4.79 Å². The van der Waals surface area contributed by atoms with Crippen LogP contribution in [0.4, 0.5) is 0 Å². The summed E-state index contributed by atoms with van der Waals surface area (Å²) in [6, 6.07) is 6.96. The summed E-state index contributed by atoms with van der Waals surface area (Å²) in [4.78, 5) is 13.0. The van der Waals surface area contributed by atoms with Gasteiger partial charge in [0.2, 0.25) is 0 Å². The quantitative estimate of drug-likeness (QED) is 0.714. The molecular weight excluding hydrogens is 347 g/mol. The number of benzene rings is 1. The zero-order chi connectivity index (χ0) is 16.3. The van der Waals surface area contributed by atoms with Crippen LogP contribution in [0.2, 0.25) is 5.02 Å². The van der Waals surface area contributed by atoms with E-state index in [9.17, 15) is 13.2 Å². The number of sulfone groups is 1. The number of halogens is 2. The van der Waals surface area contributed by atoms with Crippen LogP contribution in [0.5, 0.6) is 0 Å². The van der Waals surface area contributed by atoms with Gasteiger partial charge in [0.1, 0.15) is 6.54 Å². The summed E-state index contributed by atoms with van der Waals surface area (Å²) in [6.45, 7) is 0.931. The fraction of sp³-hybridized carbons (Fsp3) is 0.500. The Morgan fingerprint density at radius 3 is 2.50 bits per heavy atom. The maximum absolute atomic E-state index is 12.0. The number of carbonyl (C=O) groups is 1. The normalized spacial score (nSPS) is 24.9. The van der Waals surface area contributed by atoms with E-state index in [-0.39, 0.29) is 24.0 Å². The number of hydrogen-bond donors (Lipinski definition) is 2. The second-order valence-corrected chi connectivity index (χ2v) is 8.85. The molecule has 1 fully saturated rings. The number of alkyl halides is 1. The van der Waals surface area contributed by atoms with E-state index in [0.717, 1.165) is 10.5 Å².